The monoisotopic (exact) mass is 350 g/mol. The van der Waals surface area contributed by atoms with E-state index in [0.717, 1.165) is 36.8 Å². The van der Waals surface area contributed by atoms with Crippen molar-refractivity contribution in [2.24, 2.45) is 5.41 Å². The highest BCUT2D eigenvalue weighted by Gasteiger charge is 2.25. The quantitative estimate of drug-likeness (QED) is 0.463. The molecule has 3 aromatic carbocycles. The second-order valence-electron chi connectivity index (χ2n) is 7.40. The van der Waals surface area contributed by atoms with E-state index in [0.29, 0.717) is 0 Å². The minimum atomic E-state index is -0.210. The van der Waals surface area contributed by atoms with Crippen LogP contribution in [-0.2, 0) is 19.3 Å². The highest BCUT2D eigenvalue weighted by molar-refractivity contribution is 5.22. The maximum absolute atomic E-state index is 13.2. The van der Waals surface area contributed by atoms with Gasteiger partial charge in [-0.05, 0) is 72.1 Å². The highest BCUT2D eigenvalue weighted by Crippen LogP contribution is 2.33. The van der Waals surface area contributed by atoms with E-state index in [1.165, 1.54) is 29.8 Å². The van der Waals surface area contributed by atoms with Gasteiger partial charge >= 0.3 is 0 Å². The van der Waals surface area contributed by atoms with Crippen LogP contribution >= 0.6 is 0 Å². The maximum Gasteiger partial charge on any atom is 0.123 e. The summed E-state index contributed by atoms with van der Waals surface area (Å²) >= 11 is 0. The van der Waals surface area contributed by atoms with Gasteiger partial charge in [0.1, 0.15) is 11.6 Å². The summed E-state index contributed by atoms with van der Waals surface area (Å²) < 4.78 is 26.5. The molecule has 3 rings (SSSR count). The normalized spacial score (nSPS) is 11.5. The molecule has 0 unspecified atom stereocenters. The molecule has 0 aliphatic heterocycles. The Labute approximate surface area is 154 Å². The molecular formula is C24H24F2. The molecule has 0 nitrogen and oxygen atoms in total. The van der Waals surface area contributed by atoms with Crippen molar-refractivity contribution in [2.45, 2.75) is 32.6 Å². The van der Waals surface area contributed by atoms with Crippen LogP contribution in [0.25, 0.3) is 0 Å². The molecular weight excluding hydrogens is 326 g/mol. The predicted molar refractivity (Wildman–Crippen MR) is 103 cm³/mol. The zero-order chi connectivity index (χ0) is 18.4. The molecule has 134 valence electrons. The smallest absolute Gasteiger partial charge is 0.123 e. The third kappa shape index (κ3) is 5.26. The van der Waals surface area contributed by atoms with Gasteiger partial charge in [0.25, 0.3) is 0 Å². The van der Waals surface area contributed by atoms with Gasteiger partial charge in [-0.2, -0.15) is 0 Å². The maximum atomic E-state index is 13.2. The molecule has 0 saturated heterocycles. The molecule has 0 amide bonds. The number of halogens is 2. The minimum Gasteiger partial charge on any atom is -0.207 e. The lowest BCUT2D eigenvalue weighted by Gasteiger charge is -2.30. The number of aryl methyl sites for hydroxylation is 1. The van der Waals surface area contributed by atoms with Gasteiger partial charge in [0.2, 0.25) is 0 Å². The van der Waals surface area contributed by atoms with Crippen LogP contribution < -0.4 is 0 Å². The van der Waals surface area contributed by atoms with E-state index >= 15 is 0 Å². The van der Waals surface area contributed by atoms with E-state index in [1.54, 1.807) is 0 Å². The molecule has 0 spiro atoms. The van der Waals surface area contributed by atoms with Crippen molar-refractivity contribution in [3.8, 4) is 0 Å². The summed E-state index contributed by atoms with van der Waals surface area (Å²) in [7, 11) is 0. The SMILES string of the molecule is CC(CCc1ccccc1)(Cc1ccc(F)cc1)Cc1ccc(F)cc1. The molecule has 0 fully saturated rings. The zero-order valence-electron chi connectivity index (χ0n) is 15.1. The van der Waals surface area contributed by atoms with Crippen LogP contribution in [0.15, 0.2) is 78.9 Å². The Kier molecular flexibility index (Phi) is 5.82. The van der Waals surface area contributed by atoms with E-state index < -0.39 is 0 Å². The molecule has 0 aromatic heterocycles. The Morgan fingerprint density at radius 1 is 0.615 bits per heavy atom. The fourth-order valence-electron chi connectivity index (χ4n) is 3.52. The van der Waals surface area contributed by atoms with Crippen molar-refractivity contribution < 1.29 is 8.78 Å². The second kappa shape index (κ2) is 8.27. The van der Waals surface area contributed by atoms with Gasteiger partial charge in [0, 0.05) is 0 Å². The molecule has 0 saturated carbocycles. The molecule has 0 N–H and O–H groups in total. The average molecular weight is 350 g/mol. The molecule has 0 atom stereocenters. The molecule has 26 heavy (non-hydrogen) atoms. The van der Waals surface area contributed by atoms with Crippen molar-refractivity contribution in [2.75, 3.05) is 0 Å². The van der Waals surface area contributed by atoms with Gasteiger partial charge in [-0.1, -0.05) is 61.5 Å². The predicted octanol–water partition coefficient (Wildman–Crippen LogP) is 6.39. The van der Waals surface area contributed by atoms with Crippen LogP contribution in [0, 0.1) is 17.0 Å². The van der Waals surface area contributed by atoms with Gasteiger partial charge in [0.05, 0.1) is 0 Å². The Morgan fingerprint density at radius 3 is 1.54 bits per heavy atom. The first kappa shape index (κ1) is 18.3. The van der Waals surface area contributed by atoms with Crippen LogP contribution in [0.2, 0.25) is 0 Å². The van der Waals surface area contributed by atoms with Crippen LogP contribution in [0.3, 0.4) is 0 Å². The van der Waals surface area contributed by atoms with Crippen molar-refractivity contribution in [3.05, 3.63) is 107 Å². The Hall–Kier alpha value is -2.48. The minimum absolute atomic E-state index is 0.00546. The third-order valence-electron chi connectivity index (χ3n) is 4.95. The highest BCUT2D eigenvalue weighted by atomic mass is 19.1. The molecule has 0 aliphatic rings. The van der Waals surface area contributed by atoms with Crippen molar-refractivity contribution >= 4 is 0 Å². The van der Waals surface area contributed by atoms with Gasteiger partial charge in [-0.3, -0.25) is 0 Å². The summed E-state index contributed by atoms with van der Waals surface area (Å²) in [6.45, 7) is 2.27. The van der Waals surface area contributed by atoms with Gasteiger partial charge in [-0.15, -0.1) is 0 Å². The van der Waals surface area contributed by atoms with Crippen molar-refractivity contribution in [1.82, 2.24) is 0 Å². The molecule has 0 radical (unpaired) electrons. The lowest BCUT2D eigenvalue weighted by atomic mass is 9.74. The van der Waals surface area contributed by atoms with Crippen molar-refractivity contribution in [1.29, 1.82) is 0 Å². The van der Waals surface area contributed by atoms with Crippen LogP contribution in [-0.4, -0.2) is 0 Å². The molecule has 3 aromatic rings. The van der Waals surface area contributed by atoms with Gasteiger partial charge in [0.15, 0.2) is 0 Å². The lowest BCUT2D eigenvalue weighted by molar-refractivity contribution is 0.291. The van der Waals surface area contributed by atoms with Crippen LogP contribution in [0.1, 0.15) is 30.0 Å². The second-order valence-corrected chi connectivity index (χ2v) is 7.40. The first-order valence-corrected chi connectivity index (χ1v) is 9.05. The van der Waals surface area contributed by atoms with Crippen LogP contribution in [0.4, 0.5) is 8.78 Å². The number of hydrogen-bond donors (Lipinski definition) is 0. The van der Waals surface area contributed by atoms with Crippen LogP contribution in [0.5, 0.6) is 0 Å². The summed E-state index contributed by atoms with van der Waals surface area (Å²) in [5.41, 5.74) is 3.58. The summed E-state index contributed by atoms with van der Waals surface area (Å²) in [5, 5.41) is 0. The summed E-state index contributed by atoms with van der Waals surface area (Å²) in [5.74, 6) is -0.420. The van der Waals surface area contributed by atoms with E-state index in [4.69, 9.17) is 0 Å². The van der Waals surface area contributed by atoms with E-state index in [2.05, 4.69) is 31.2 Å². The number of benzene rings is 3. The third-order valence-corrected chi connectivity index (χ3v) is 4.95. The van der Waals surface area contributed by atoms with E-state index in [9.17, 15) is 8.78 Å². The molecule has 0 heterocycles. The molecule has 0 aliphatic carbocycles. The largest absolute Gasteiger partial charge is 0.207 e. The molecule has 0 bridgehead atoms. The number of hydrogen-bond acceptors (Lipinski definition) is 0. The summed E-state index contributed by atoms with van der Waals surface area (Å²) in [4.78, 5) is 0. The zero-order valence-corrected chi connectivity index (χ0v) is 15.1. The van der Waals surface area contributed by atoms with E-state index in [-0.39, 0.29) is 17.0 Å². The van der Waals surface area contributed by atoms with Gasteiger partial charge in [-0.25, -0.2) is 8.78 Å². The lowest BCUT2D eigenvalue weighted by Crippen LogP contribution is -2.24. The topological polar surface area (TPSA) is 0 Å². The van der Waals surface area contributed by atoms with Crippen molar-refractivity contribution in [3.63, 3.8) is 0 Å². The standard InChI is InChI=1S/C24H24F2/c1-24(16-15-19-5-3-2-4-6-19,17-20-7-11-22(25)12-8-20)18-21-9-13-23(26)14-10-21/h2-14H,15-18H2,1H3. The van der Waals surface area contributed by atoms with E-state index in [1.807, 2.05) is 30.3 Å². The first-order valence-electron chi connectivity index (χ1n) is 9.05. The summed E-state index contributed by atoms with van der Waals surface area (Å²) in [6.07, 6.45) is 3.71. The first-order chi connectivity index (χ1) is 12.5. The Bertz CT molecular complexity index is 758. The summed E-state index contributed by atoms with van der Waals surface area (Å²) in [6, 6.07) is 24.0. The average Bonchev–Trinajstić information content (AvgIpc) is 2.65. The fourth-order valence-corrected chi connectivity index (χ4v) is 3.52. The Balaban J connectivity index is 1.78. The molecule has 2 heteroatoms. The fraction of sp³-hybridized carbons (Fsp3) is 0.250. The number of rotatable bonds is 7. The van der Waals surface area contributed by atoms with Gasteiger partial charge < -0.3 is 0 Å². The Morgan fingerprint density at radius 2 is 1.08 bits per heavy atom.